The lowest BCUT2D eigenvalue weighted by Gasteiger charge is -2.37. The summed E-state index contributed by atoms with van der Waals surface area (Å²) in [6.45, 7) is 0.821. The van der Waals surface area contributed by atoms with Crippen LogP contribution >= 0.6 is 0 Å². The highest BCUT2D eigenvalue weighted by Crippen LogP contribution is 2.38. The predicted octanol–water partition coefficient (Wildman–Crippen LogP) is 4.65. The molecule has 3 atom stereocenters. The van der Waals surface area contributed by atoms with Gasteiger partial charge in [0.1, 0.15) is 5.52 Å². The third-order valence-corrected chi connectivity index (χ3v) is 8.79. The van der Waals surface area contributed by atoms with E-state index < -0.39 is 35.0 Å². The normalized spacial score (nSPS) is 21.9. The number of aromatic nitrogens is 3. The van der Waals surface area contributed by atoms with Crippen molar-refractivity contribution in [3.05, 3.63) is 36.0 Å². The van der Waals surface area contributed by atoms with E-state index >= 15 is 0 Å². The van der Waals surface area contributed by atoms with Gasteiger partial charge in [0.25, 0.3) is 5.92 Å². The average Bonchev–Trinajstić information content (AvgIpc) is 3.31. The zero-order valence-electron chi connectivity index (χ0n) is 22.2. The topological polar surface area (TPSA) is 101 Å². The number of anilines is 1. The number of nitrogens with one attached hydrogen (secondary N) is 1. The number of halogens is 4. The lowest BCUT2D eigenvalue weighted by molar-refractivity contribution is -0.0541. The van der Waals surface area contributed by atoms with E-state index in [0.29, 0.717) is 11.9 Å². The summed E-state index contributed by atoms with van der Waals surface area (Å²) in [5.74, 6) is -3.59. The number of benzene rings is 1. The van der Waals surface area contributed by atoms with Gasteiger partial charge in [-0.15, -0.1) is 5.10 Å². The molecule has 2 aliphatic rings. The maximum atomic E-state index is 14.8. The summed E-state index contributed by atoms with van der Waals surface area (Å²) in [6.07, 6.45) is 2.21. The number of methoxy groups -OCH3 is 1. The Morgan fingerprint density at radius 3 is 2.70 bits per heavy atom. The quantitative estimate of drug-likeness (QED) is 0.388. The number of fused-ring (bicyclic) bond motifs is 2. The second-order valence-corrected chi connectivity index (χ2v) is 12.4. The highest BCUT2D eigenvalue weighted by atomic mass is 32.2. The molecule has 0 spiro atoms. The first-order chi connectivity index (χ1) is 18.9. The number of piperidine rings is 1. The van der Waals surface area contributed by atoms with E-state index in [2.05, 4.69) is 20.4 Å². The van der Waals surface area contributed by atoms with Gasteiger partial charge >= 0.3 is 0 Å². The van der Waals surface area contributed by atoms with Crippen LogP contribution in [-0.4, -0.2) is 78.4 Å². The van der Waals surface area contributed by atoms with Crippen molar-refractivity contribution >= 4 is 33.4 Å². The second kappa shape index (κ2) is 10.6. The van der Waals surface area contributed by atoms with Gasteiger partial charge in [0.2, 0.25) is 28.3 Å². The zero-order valence-corrected chi connectivity index (χ0v) is 23.0. The second-order valence-electron chi connectivity index (χ2n) is 10.4. The van der Waals surface area contributed by atoms with Gasteiger partial charge in [-0.1, -0.05) is 13.0 Å². The highest BCUT2D eigenvalue weighted by molar-refractivity contribution is 7.88. The van der Waals surface area contributed by atoms with Crippen LogP contribution in [0.15, 0.2) is 35.5 Å². The van der Waals surface area contributed by atoms with Crippen molar-refractivity contribution in [1.29, 1.82) is 0 Å². The van der Waals surface area contributed by atoms with Gasteiger partial charge in [0.05, 0.1) is 31.6 Å². The molecule has 2 aromatic heterocycles. The van der Waals surface area contributed by atoms with Gasteiger partial charge in [0, 0.05) is 36.9 Å². The number of alkyl halides is 4. The molecule has 0 saturated carbocycles. The van der Waals surface area contributed by atoms with Crippen LogP contribution in [-0.2, 0) is 16.4 Å². The van der Waals surface area contributed by atoms with Crippen LogP contribution in [0.4, 0.5) is 29.2 Å². The van der Waals surface area contributed by atoms with Crippen LogP contribution in [0.2, 0.25) is 0 Å². The molecule has 4 heterocycles. The third kappa shape index (κ3) is 5.64. The minimum atomic E-state index is -3.74. The Hall–Kier alpha value is -3.26. The molecule has 0 radical (unpaired) electrons. The van der Waals surface area contributed by atoms with Gasteiger partial charge < -0.3 is 10.1 Å². The number of hydrogen-bond donors (Lipinski definition) is 1. The van der Waals surface area contributed by atoms with Crippen molar-refractivity contribution in [2.24, 2.45) is 16.8 Å². The fraction of sp³-hybridized carbons (Fsp3) is 0.500. The molecule has 0 unspecified atom stereocenters. The fourth-order valence-electron chi connectivity index (χ4n) is 5.28. The van der Waals surface area contributed by atoms with Crippen LogP contribution < -0.4 is 10.1 Å². The number of ether oxygens (including phenoxy) is 1. The smallest absolute Gasteiger partial charge is 0.281 e. The van der Waals surface area contributed by atoms with Crippen molar-refractivity contribution in [3.8, 4) is 17.0 Å². The summed E-state index contributed by atoms with van der Waals surface area (Å²) in [5, 5.41) is 7.03. The van der Waals surface area contributed by atoms with Gasteiger partial charge in [0.15, 0.2) is 0 Å². The van der Waals surface area contributed by atoms with Gasteiger partial charge in [-0.2, -0.15) is 9.29 Å². The molecular formula is C26H30F4N6O3S. The average molecular weight is 583 g/mol. The summed E-state index contributed by atoms with van der Waals surface area (Å²) in [7, 11) is -2.33. The molecule has 5 rings (SSSR count). The van der Waals surface area contributed by atoms with Crippen LogP contribution in [0.3, 0.4) is 0 Å². The molecule has 216 valence electrons. The molecular weight excluding hydrogens is 552 g/mol. The van der Waals surface area contributed by atoms with Crippen molar-refractivity contribution in [2.45, 2.75) is 44.6 Å². The van der Waals surface area contributed by atoms with Crippen molar-refractivity contribution in [3.63, 3.8) is 0 Å². The Bertz CT molecular complexity index is 1540. The number of hydrogen-bond acceptors (Lipinski definition) is 7. The molecule has 1 fully saturated rings. The SMILES string of the molecule is COc1nc(N[C@@H]2CCN(S(C)(=O)=O)CC2(F)F)nn2ccc(-c3ccc4c(c3)C[C@H]([C@H](C)CC(F)F)C=N4)c12. The van der Waals surface area contributed by atoms with Crippen molar-refractivity contribution in [2.75, 3.05) is 31.8 Å². The predicted molar refractivity (Wildman–Crippen MR) is 143 cm³/mol. The Morgan fingerprint density at radius 2 is 2.02 bits per heavy atom. The molecule has 1 N–H and O–H groups in total. The molecule has 14 heteroatoms. The monoisotopic (exact) mass is 582 g/mol. The van der Waals surface area contributed by atoms with Gasteiger partial charge in [-0.05, 0) is 48.1 Å². The lowest BCUT2D eigenvalue weighted by atomic mass is 9.84. The molecule has 2 aliphatic heterocycles. The number of rotatable bonds is 8. The summed E-state index contributed by atoms with van der Waals surface area (Å²) >= 11 is 0. The molecule has 40 heavy (non-hydrogen) atoms. The summed E-state index contributed by atoms with van der Waals surface area (Å²) in [5.41, 5.74) is 3.80. The number of aliphatic imine (C=N–C) groups is 1. The molecule has 1 saturated heterocycles. The molecule has 0 aliphatic carbocycles. The first-order valence-electron chi connectivity index (χ1n) is 12.8. The Kier molecular flexibility index (Phi) is 7.50. The maximum Gasteiger partial charge on any atom is 0.281 e. The lowest BCUT2D eigenvalue weighted by Crippen LogP contribution is -2.55. The Morgan fingerprint density at radius 1 is 1.25 bits per heavy atom. The standard InChI is InChI=1S/C26H30F4N6O3S/c1-15(10-22(27)28)18-12-17-11-16(4-5-20(17)31-13-18)19-6-9-36-23(19)24(39-2)33-25(34-36)32-21-7-8-35(40(3,37)38)14-26(21,29)30/h4-6,9,11,13,15,18,21-22H,7-8,10,12,14H2,1-3H3,(H,32,34)/t15-,18+,21-/m1/s1. The molecule has 3 aromatic rings. The van der Waals surface area contributed by atoms with E-state index in [1.807, 2.05) is 18.2 Å². The van der Waals surface area contributed by atoms with Crippen molar-refractivity contribution in [1.82, 2.24) is 18.9 Å². The van der Waals surface area contributed by atoms with Gasteiger partial charge in [-0.25, -0.2) is 30.5 Å². The fourth-order valence-corrected chi connectivity index (χ4v) is 6.13. The van der Waals surface area contributed by atoms with E-state index in [1.165, 1.54) is 11.6 Å². The minimum Gasteiger partial charge on any atom is -0.479 e. The molecule has 1 aromatic carbocycles. The maximum absolute atomic E-state index is 14.8. The Balaban J connectivity index is 1.41. The summed E-state index contributed by atoms with van der Waals surface area (Å²) in [6, 6.07) is 6.15. The first-order valence-corrected chi connectivity index (χ1v) is 14.7. The molecule has 0 amide bonds. The minimum absolute atomic E-state index is 0.0523. The first kappa shape index (κ1) is 28.3. The van der Waals surface area contributed by atoms with E-state index in [0.717, 1.165) is 32.9 Å². The number of nitrogens with zero attached hydrogens (tertiary/aromatic N) is 5. The van der Waals surface area contributed by atoms with Crippen LogP contribution in [0.5, 0.6) is 5.88 Å². The molecule has 9 nitrogen and oxygen atoms in total. The largest absolute Gasteiger partial charge is 0.479 e. The van der Waals surface area contributed by atoms with E-state index in [4.69, 9.17) is 4.74 Å². The van der Waals surface area contributed by atoms with Gasteiger partial charge in [-0.3, -0.25) is 4.99 Å². The van der Waals surface area contributed by atoms with Crippen LogP contribution in [0, 0.1) is 11.8 Å². The van der Waals surface area contributed by atoms with Crippen LogP contribution in [0.25, 0.3) is 16.6 Å². The van der Waals surface area contributed by atoms with Crippen LogP contribution in [0.1, 0.15) is 25.3 Å². The van der Waals surface area contributed by atoms with E-state index in [9.17, 15) is 26.0 Å². The van der Waals surface area contributed by atoms with E-state index in [1.54, 1.807) is 25.4 Å². The van der Waals surface area contributed by atoms with E-state index in [-0.39, 0.29) is 43.1 Å². The summed E-state index contributed by atoms with van der Waals surface area (Å²) < 4.78 is 86.7. The highest BCUT2D eigenvalue weighted by Gasteiger charge is 2.47. The third-order valence-electron chi connectivity index (χ3n) is 7.54. The molecule has 0 bridgehead atoms. The Labute approximate surface area is 229 Å². The number of sulfonamides is 1. The zero-order chi connectivity index (χ0) is 28.8. The van der Waals surface area contributed by atoms with Crippen molar-refractivity contribution < 1.29 is 30.7 Å². The summed E-state index contributed by atoms with van der Waals surface area (Å²) in [4.78, 5) is 8.82.